The molecule has 0 aliphatic carbocycles. The molecule has 8 nitrogen and oxygen atoms in total. The van der Waals surface area contributed by atoms with E-state index in [2.05, 4.69) is 45.1 Å². The Morgan fingerprint density at radius 2 is 1.84 bits per heavy atom. The molecule has 0 bridgehead atoms. The Morgan fingerprint density at radius 1 is 1.19 bits per heavy atom. The number of amides is 1. The quantitative estimate of drug-likeness (QED) is 0.563. The van der Waals surface area contributed by atoms with Gasteiger partial charge in [-0.3, -0.25) is 19.5 Å². The summed E-state index contributed by atoms with van der Waals surface area (Å²) < 4.78 is 13.6. The van der Waals surface area contributed by atoms with Crippen molar-refractivity contribution in [1.29, 1.82) is 0 Å². The van der Waals surface area contributed by atoms with Gasteiger partial charge in [0.1, 0.15) is 27.5 Å². The third kappa shape index (κ3) is 3.50. The van der Waals surface area contributed by atoms with Crippen LogP contribution in [0.15, 0.2) is 22.7 Å². The first kappa shape index (κ1) is 21.4. The Kier molecular flexibility index (Phi) is 5.55. The van der Waals surface area contributed by atoms with Crippen LogP contribution < -0.4 is 14.4 Å². The standard InChI is InChI=1S/C22H26BrN5O3/c1-11(2)7-14-18-20(25-24-14)22(29)28(17-8-12(3)26-27(17)4)21(18)13-9-15(30-5)19(23)16(10-13)31-6/h8-11,21H,7H2,1-6H3,(H,24,25). The molecule has 0 fully saturated rings. The summed E-state index contributed by atoms with van der Waals surface area (Å²) in [4.78, 5) is 15.3. The zero-order valence-electron chi connectivity index (χ0n) is 18.5. The van der Waals surface area contributed by atoms with Crippen molar-refractivity contribution >= 4 is 27.7 Å². The number of halogens is 1. The summed E-state index contributed by atoms with van der Waals surface area (Å²) in [6, 6.07) is 5.39. The van der Waals surface area contributed by atoms with Crippen LogP contribution >= 0.6 is 15.9 Å². The number of benzene rings is 1. The molecule has 0 radical (unpaired) electrons. The Balaban J connectivity index is 1.97. The molecule has 9 heteroatoms. The van der Waals surface area contributed by atoms with Crippen LogP contribution in [0.1, 0.15) is 52.9 Å². The van der Waals surface area contributed by atoms with E-state index in [9.17, 15) is 4.79 Å². The molecule has 31 heavy (non-hydrogen) atoms. The molecule has 1 aliphatic heterocycles. The number of nitrogens with zero attached hydrogens (tertiary/aromatic N) is 4. The lowest BCUT2D eigenvalue weighted by Gasteiger charge is -2.27. The minimum absolute atomic E-state index is 0.133. The Morgan fingerprint density at radius 3 is 2.35 bits per heavy atom. The van der Waals surface area contributed by atoms with E-state index in [1.54, 1.807) is 23.8 Å². The molecular formula is C22H26BrN5O3. The molecule has 3 heterocycles. The van der Waals surface area contributed by atoms with E-state index in [-0.39, 0.29) is 11.9 Å². The van der Waals surface area contributed by atoms with Crippen molar-refractivity contribution in [3.05, 3.63) is 50.9 Å². The molecule has 3 aromatic rings. The van der Waals surface area contributed by atoms with Crippen LogP contribution in [-0.4, -0.2) is 40.1 Å². The molecule has 1 unspecified atom stereocenters. The zero-order valence-corrected chi connectivity index (χ0v) is 20.1. The minimum Gasteiger partial charge on any atom is -0.495 e. The maximum atomic E-state index is 13.6. The average molecular weight is 488 g/mol. The maximum absolute atomic E-state index is 13.6. The van der Waals surface area contributed by atoms with Crippen LogP contribution in [0.4, 0.5) is 5.82 Å². The zero-order chi connectivity index (χ0) is 22.4. The average Bonchev–Trinajstić information content (AvgIpc) is 3.35. The predicted molar refractivity (Wildman–Crippen MR) is 121 cm³/mol. The monoisotopic (exact) mass is 487 g/mol. The Hall–Kier alpha value is -2.81. The molecule has 4 rings (SSSR count). The second-order valence-corrected chi connectivity index (χ2v) is 8.93. The summed E-state index contributed by atoms with van der Waals surface area (Å²) in [5, 5.41) is 11.9. The number of aromatic nitrogens is 4. The SMILES string of the molecule is COc1cc(C2c3c(CC(C)C)n[nH]c3C(=O)N2c2cc(C)nn2C)cc(OC)c1Br. The summed E-state index contributed by atoms with van der Waals surface area (Å²) in [7, 11) is 5.06. The van der Waals surface area contributed by atoms with Gasteiger partial charge in [-0.05, 0) is 52.9 Å². The molecule has 1 amide bonds. The molecular weight excluding hydrogens is 462 g/mol. The van der Waals surface area contributed by atoms with Crippen molar-refractivity contribution < 1.29 is 14.3 Å². The van der Waals surface area contributed by atoms with E-state index in [1.165, 1.54) is 0 Å². The van der Waals surface area contributed by atoms with Crippen molar-refractivity contribution in [2.24, 2.45) is 13.0 Å². The van der Waals surface area contributed by atoms with Gasteiger partial charge in [0.25, 0.3) is 5.91 Å². The lowest BCUT2D eigenvalue weighted by atomic mass is 9.95. The number of methoxy groups -OCH3 is 2. The van der Waals surface area contributed by atoms with Gasteiger partial charge in [0.15, 0.2) is 0 Å². The Bertz CT molecular complexity index is 1130. The van der Waals surface area contributed by atoms with Crippen LogP contribution in [0.25, 0.3) is 0 Å². The summed E-state index contributed by atoms with van der Waals surface area (Å²) in [6.45, 7) is 6.19. The summed E-state index contributed by atoms with van der Waals surface area (Å²) in [6.07, 6.45) is 0.763. The third-order valence-corrected chi connectivity index (χ3v) is 6.24. The van der Waals surface area contributed by atoms with Crippen molar-refractivity contribution in [3.8, 4) is 11.5 Å². The predicted octanol–water partition coefficient (Wildman–Crippen LogP) is 4.18. The van der Waals surface area contributed by atoms with Gasteiger partial charge in [0, 0.05) is 18.7 Å². The van der Waals surface area contributed by atoms with Gasteiger partial charge in [-0.15, -0.1) is 0 Å². The van der Waals surface area contributed by atoms with Gasteiger partial charge in [0.2, 0.25) is 0 Å². The van der Waals surface area contributed by atoms with Gasteiger partial charge in [0.05, 0.1) is 31.6 Å². The fourth-order valence-electron chi connectivity index (χ4n) is 4.18. The second kappa shape index (κ2) is 8.03. The third-order valence-electron chi connectivity index (χ3n) is 5.46. The molecule has 1 N–H and O–H groups in total. The number of ether oxygens (including phenoxy) is 2. The highest BCUT2D eigenvalue weighted by Crippen LogP contribution is 2.46. The number of anilines is 1. The minimum atomic E-state index is -0.388. The van der Waals surface area contributed by atoms with E-state index in [0.717, 1.165) is 33.4 Å². The first-order valence-corrected chi connectivity index (χ1v) is 10.9. The molecule has 0 saturated heterocycles. The number of rotatable bonds is 6. The lowest BCUT2D eigenvalue weighted by molar-refractivity contribution is 0.0987. The van der Waals surface area contributed by atoms with Gasteiger partial charge in [-0.25, -0.2) is 0 Å². The number of aromatic amines is 1. The molecule has 0 spiro atoms. The molecule has 1 atom stereocenters. The lowest BCUT2D eigenvalue weighted by Crippen LogP contribution is -2.31. The number of carbonyl (C=O) groups excluding carboxylic acids is 1. The highest BCUT2D eigenvalue weighted by molar-refractivity contribution is 9.10. The molecule has 0 saturated carbocycles. The Labute approximate surface area is 189 Å². The largest absolute Gasteiger partial charge is 0.495 e. The fourth-order valence-corrected chi connectivity index (χ4v) is 4.73. The smallest absolute Gasteiger partial charge is 0.278 e. The van der Waals surface area contributed by atoms with E-state index < -0.39 is 0 Å². The van der Waals surface area contributed by atoms with E-state index >= 15 is 0 Å². The van der Waals surface area contributed by atoms with Crippen LogP contribution in [0.3, 0.4) is 0 Å². The number of aryl methyl sites for hydroxylation is 2. The summed E-state index contributed by atoms with van der Waals surface area (Å²) in [5.74, 6) is 2.24. The van der Waals surface area contributed by atoms with Gasteiger partial charge >= 0.3 is 0 Å². The number of fused-ring (bicyclic) bond motifs is 1. The van der Waals surface area contributed by atoms with Crippen LogP contribution in [-0.2, 0) is 13.5 Å². The van der Waals surface area contributed by atoms with Crippen LogP contribution in [0.5, 0.6) is 11.5 Å². The van der Waals surface area contributed by atoms with Crippen molar-refractivity contribution in [1.82, 2.24) is 20.0 Å². The molecule has 1 aromatic carbocycles. The second-order valence-electron chi connectivity index (χ2n) is 8.14. The highest BCUT2D eigenvalue weighted by Gasteiger charge is 2.44. The summed E-state index contributed by atoms with van der Waals surface area (Å²) in [5.41, 5.74) is 4.01. The van der Waals surface area contributed by atoms with E-state index in [4.69, 9.17) is 9.47 Å². The van der Waals surface area contributed by atoms with Crippen LogP contribution in [0.2, 0.25) is 0 Å². The molecule has 1 aliphatic rings. The van der Waals surface area contributed by atoms with Gasteiger partial charge in [-0.1, -0.05) is 13.8 Å². The van der Waals surface area contributed by atoms with Crippen LogP contribution in [0, 0.1) is 12.8 Å². The first-order chi connectivity index (χ1) is 14.8. The van der Waals surface area contributed by atoms with Gasteiger partial charge < -0.3 is 9.47 Å². The highest BCUT2D eigenvalue weighted by atomic mass is 79.9. The van der Waals surface area contributed by atoms with Crippen molar-refractivity contribution in [3.63, 3.8) is 0 Å². The number of hydrogen-bond donors (Lipinski definition) is 1. The van der Waals surface area contributed by atoms with E-state index in [1.807, 2.05) is 32.2 Å². The number of H-pyrrole nitrogens is 1. The van der Waals surface area contributed by atoms with Crippen molar-refractivity contribution in [2.75, 3.05) is 19.1 Å². The molecule has 2 aromatic heterocycles. The normalized spacial score (nSPS) is 15.7. The topological polar surface area (TPSA) is 85.3 Å². The van der Waals surface area contributed by atoms with E-state index in [0.29, 0.717) is 28.9 Å². The maximum Gasteiger partial charge on any atom is 0.278 e. The summed E-state index contributed by atoms with van der Waals surface area (Å²) >= 11 is 3.54. The number of nitrogens with one attached hydrogen (secondary N) is 1. The molecule has 164 valence electrons. The number of hydrogen-bond acceptors (Lipinski definition) is 5. The van der Waals surface area contributed by atoms with Crippen molar-refractivity contribution in [2.45, 2.75) is 33.2 Å². The van der Waals surface area contributed by atoms with Gasteiger partial charge in [-0.2, -0.15) is 10.2 Å². The number of carbonyl (C=O) groups is 1. The first-order valence-electron chi connectivity index (χ1n) is 10.1. The fraction of sp³-hybridized carbons (Fsp3) is 0.409.